The molecular weight excluding hydrogens is 244 g/mol. The van der Waals surface area contributed by atoms with Crippen LogP contribution in [0.5, 0.6) is 0 Å². The number of rotatable bonds is 3. The summed E-state index contributed by atoms with van der Waals surface area (Å²) in [6.07, 6.45) is 4.29. The molecule has 0 aromatic carbocycles. The minimum atomic E-state index is -0.731. The zero-order chi connectivity index (χ0) is 13.8. The van der Waals surface area contributed by atoms with Gasteiger partial charge in [0.2, 0.25) is 0 Å². The van der Waals surface area contributed by atoms with Crippen LogP contribution in [0.2, 0.25) is 0 Å². The molecule has 0 unspecified atom stereocenters. The summed E-state index contributed by atoms with van der Waals surface area (Å²) in [5.74, 6) is -1.16. The summed E-state index contributed by atoms with van der Waals surface area (Å²) in [7, 11) is 0. The Morgan fingerprint density at radius 3 is 2.58 bits per heavy atom. The zero-order valence-electron chi connectivity index (χ0n) is 10.9. The highest BCUT2D eigenvalue weighted by Crippen LogP contribution is 2.24. The number of hydrogen-bond donors (Lipinski definition) is 2. The Balaban J connectivity index is 1.91. The Hall–Kier alpha value is -1.91. The van der Waals surface area contributed by atoms with Crippen molar-refractivity contribution in [3.8, 4) is 0 Å². The van der Waals surface area contributed by atoms with Gasteiger partial charge >= 0.3 is 5.97 Å². The lowest BCUT2D eigenvalue weighted by Crippen LogP contribution is -2.39. The number of aromatic nitrogens is 1. The van der Waals surface area contributed by atoms with Gasteiger partial charge in [-0.2, -0.15) is 0 Å². The second kappa shape index (κ2) is 5.82. The molecule has 2 N–H and O–H groups in total. The summed E-state index contributed by atoms with van der Waals surface area (Å²) >= 11 is 0. The Morgan fingerprint density at radius 2 is 2.00 bits per heavy atom. The van der Waals surface area contributed by atoms with Crippen molar-refractivity contribution in [2.75, 3.05) is 0 Å². The van der Waals surface area contributed by atoms with E-state index in [-0.39, 0.29) is 17.9 Å². The molecule has 0 radical (unpaired) electrons. The van der Waals surface area contributed by atoms with Crippen molar-refractivity contribution in [1.29, 1.82) is 0 Å². The van der Waals surface area contributed by atoms with E-state index in [1.54, 1.807) is 12.3 Å². The Morgan fingerprint density at radius 1 is 1.32 bits per heavy atom. The topological polar surface area (TPSA) is 79.3 Å². The highest BCUT2D eigenvalue weighted by molar-refractivity contribution is 5.93. The highest BCUT2D eigenvalue weighted by Gasteiger charge is 2.27. The molecule has 5 heteroatoms. The maximum Gasteiger partial charge on any atom is 0.306 e. The third kappa shape index (κ3) is 3.30. The van der Waals surface area contributed by atoms with E-state index in [0.29, 0.717) is 31.4 Å². The van der Waals surface area contributed by atoms with Crippen LogP contribution in [-0.4, -0.2) is 28.0 Å². The second-order valence-corrected chi connectivity index (χ2v) is 5.03. The SMILES string of the molecule is Cc1cccnc1C(=O)NC1CCC(C(=O)O)CC1. The fraction of sp³-hybridized carbons (Fsp3) is 0.500. The summed E-state index contributed by atoms with van der Waals surface area (Å²) in [5, 5.41) is 11.9. The second-order valence-electron chi connectivity index (χ2n) is 5.03. The predicted octanol–water partition coefficient (Wildman–Crippen LogP) is 1.76. The van der Waals surface area contributed by atoms with Gasteiger partial charge in [0, 0.05) is 12.2 Å². The molecule has 0 spiro atoms. The predicted molar refractivity (Wildman–Crippen MR) is 69.8 cm³/mol. The van der Waals surface area contributed by atoms with E-state index in [1.807, 2.05) is 13.0 Å². The van der Waals surface area contributed by atoms with Crippen LogP contribution in [0.4, 0.5) is 0 Å². The molecule has 0 saturated heterocycles. The summed E-state index contributed by atoms with van der Waals surface area (Å²) in [4.78, 5) is 27.0. The molecule has 0 bridgehead atoms. The number of carboxylic acid groups (broad SMARTS) is 1. The minimum Gasteiger partial charge on any atom is -0.481 e. The molecule has 1 amide bonds. The van der Waals surface area contributed by atoms with Gasteiger partial charge in [-0.15, -0.1) is 0 Å². The van der Waals surface area contributed by atoms with Crippen LogP contribution in [0.1, 0.15) is 41.7 Å². The molecule has 1 saturated carbocycles. The largest absolute Gasteiger partial charge is 0.481 e. The van der Waals surface area contributed by atoms with E-state index in [4.69, 9.17) is 5.11 Å². The number of carbonyl (C=O) groups is 2. The molecule has 1 aliphatic rings. The Bertz CT molecular complexity index is 479. The van der Waals surface area contributed by atoms with Crippen molar-refractivity contribution < 1.29 is 14.7 Å². The molecule has 1 aliphatic carbocycles. The fourth-order valence-electron chi connectivity index (χ4n) is 2.46. The molecule has 5 nitrogen and oxygen atoms in total. The lowest BCUT2D eigenvalue weighted by atomic mass is 9.86. The lowest BCUT2D eigenvalue weighted by molar-refractivity contribution is -0.142. The molecule has 1 aromatic heterocycles. The van der Waals surface area contributed by atoms with E-state index in [0.717, 1.165) is 5.56 Å². The normalized spacial score (nSPS) is 22.8. The zero-order valence-corrected chi connectivity index (χ0v) is 10.9. The molecule has 19 heavy (non-hydrogen) atoms. The molecule has 1 heterocycles. The van der Waals surface area contributed by atoms with Crippen molar-refractivity contribution in [2.24, 2.45) is 5.92 Å². The number of pyridine rings is 1. The van der Waals surface area contributed by atoms with Gasteiger partial charge in [-0.1, -0.05) is 6.07 Å². The number of amides is 1. The maximum atomic E-state index is 12.1. The maximum absolute atomic E-state index is 12.1. The first-order chi connectivity index (χ1) is 9.08. The van der Waals surface area contributed by atoms with Crippen molar-refractivity contribution in [1.82, 2.24) is 10.3 Å². The molecule has 0 aliphatic heterocycles. The van der Waals surface area contributed by atoms with Crippen molar-refractivity contribution >= 4 is 11.9 Å². The third-order valence-corrected chi connectivity index (χ3v) is 3.64. The summed E-state index contributed by atoms with van der Waals surface area (Å²) in [6, 6.07) is 3.71. The van der Waals surface area contributed by atoms with Crippen LogP contribution in [-0.2, 0) is 4.79 Å². The minimum absolute atomic E-state index is 0.0597. The molecule has 0 atom stereocenters. The average Bonchev–Trinajstić information content (AvgIpc) is 2.39. The molecule has 1 fully saturated rings. The van der Waals surface area contributed by atoms with Gasteiger partial charge in [0.25, 0.3) is 5.91 Å². The molecular formula is C14H18N2O3. The smallest absolute Gasteiger partial charge is 0.306 e. The van der Waals surface area contributed by atoms with Crippen LogP contribution in [0, 0.1) is 12.8 Å². The number of nitrogens with one attached hydrogen (secondary N) is 1. The van der Waals surface area contributed by atoms with Crippen LogP contribution >= 0.6 is 0 Å². The van der Waals surface area contributed by atoms with Gasteiger partial charge in [0.05, 0.1) is 5.92 Å². The van der Waals surface area contributed by atoms with Crippen molar-refractivity contribution in [2.45, 2.75) is 38.6 Å². The van der Waals surface area contributed by atoms with Crippen molar-refractivity contribution in [3.63, 3.8) is 0 Å². The molecule has 102 valence electrons. The van der Waals surface area contributed by atoms with Gasteiger partial charge < -0.3 is 10.4 Å². The Labute approximate surface area is 112 Å². The summed E-state index contributed by atoms with van der Waals surface area (Å²) in [6.45, 7) is 1.85. The van der Waals surface area contributed by atoms with Crippen LogP contribution < -0.4 is 5.32 Å². The van der Waals surface area contributed by atoms with Crippen LogP contribution in [0.25, 0.3) is 0 Å². The fourth-order valence-corrected chi connectivity index (χ4v) is 2.46. The number of carboxylic acids is 1. The van der Waals surface area contributed by atoms with Gasteiger partial charge in [-0.3, -0.25) is 14.6 Å². The average molecular weight is 262 g/mol. The van der Waals surface area contributed by atoms with E-state index in [1.165, 1.54) is 0 Å². The number of hydrogen-bond acceptors (Lipinski definition) is 3. The van der Waals surface area contributed by atoms with E-state index in [9.17, 15) is 9.59 Å². The van der Waals surface area contributed by atoms with Gasteiger partial charge in [-0.25, -0.2) is 0 Å². The number of nitrogens with zero attached hydrogens (tertiary/aromatic N) is 1. The van der Waals surface area contributed by atoms with E-state index in [2.05, 4.69) is 10.3 Å². The van der Waals surface area contributed by atoms with E-state index < -0.39 is 5.97 Å². The monoisotopic (exact) mass is 262 g/mol. The van der Waals surface area contributed by atoms with Crippen LogP contribution in [0.3, 0.4) is 0 Å². The Kier molecular flexibility index (Phi) is 4.14. The van der Waals surface area contributed by atoms with Crippen molar-refractivity contribution in [3.05, 3.63) is 29.6 Å². The third-order valence-electron chi connectivity index (χ3n) is 3.64. The number of aryl methyl sites for hydroxylation is 1. The molecule has 2 rings (SSSR count). The quantitative estimate of drug-likeness (QED) is 0.870. The summed E-state index contributed by atoms with van der Waals surface area (Å²) < 4.78 is 0. The van der Waals surface area contributed by atoms with Crippen LogP contribution in [0.15, 0.2) is 18.3 Å². The first-order valence-electron chi connectivity index (χ1n) is 6.53. The standard InChI is InChI=1S/C14H18N2O3/c1-9-3-2-8-15-12(9)13(17)16-11-6-4-10(5-7-11)14(18)19/h2-3,8,10-11H,4-7H2,1H3,(H,16,17)(H,18,19). The number of aliphatic carboxylic acids is 1. The van der Waals surface area contributed by atoms with Gasteiger partial charge in [0.1, 0.15) is 5.69 Å². The van der Waals surface area contributed by atoms with Gasteiger partial charge in [-0.05, 0) is 44.2 Å². The van der Waals surface area contributed by atoms with Gasteiger partial charge in [0.15, 0.2) is 0 Å². The first-order valence-corrected chi connectivity index (χ1v) is 6.53. The number of carbonyl (C=O) groups excluding carboxylic acids is 1. The molecule has 1 aromatic rings. The highest BCUT2D eigenvalue weighted by atomic mass is 16.4. The first kappa shape index (κ1) is 13.5. The van der Waals surface area contributed by atoms with E-state index >= 15 is 0 Å². The summed E-state index contributed by atoms with van der Waals surface area (Å²) in [5.41, 5.74) is 1.29. The lowest BCUT2D eigenvalue weighted by Gasteiger charge is -2.26.